The molecule has 0 aromatic rings. The summed E-state index contributed by atoms with van der Waals surface area (Å²) in [5.74, 6) is 0.605. The Morgan fingerprint density at radius 3 is 2.42 bits per heavy atom. The van der Waals surface area contributed by atoms with Crippen molar-refractivity contribution >= 4 is 6.29 Å². The summed E-state index contributed by atoms with van der Waals surface area (Å²) < 4.78 is 5.25. The van der Waals surface area contributed by atoms with Crippen molar-refractivity contribution in [2.75, 3.05) is 13.2 Å². The normalized spacial score (nSPS) is 22.6. The molecule has 1 saturated heterocycles. The molecule has 0 spiro atoms. The Morgan fingerprint density at radius 2 is 2.00 bits per heavy atom. The number of carbonyl (C=O) groups excluding carboxylic acids is 1. The fraction of sp³-hybridized carbons (Fsp3) is 0.900. The SMILES string of the molecule is CC(C)CC1(C=O)CCOCC1. The first-order valence-electron chi connectivity index (χ1n) is 4.73. The number of rotatable bonds is 3. The van der Waals surface area contributed by atoms with Crippen molar-refractivity contribution < 1.29 is 9.53 Å². The minimum Gasteiger partial charge on any atom is -0.381 e. The first-order valence-corrected chi connectivity index (χ1v) is 4.73. The maximum Gasteiger partial charge on any atom is 0.126 e. The van der Waals surface area contributed by atoms with Crippen molar-refractivity contribution in [2.45, 2.75) is 33.1 Å². The Labute approximate surface area is 74.3 Å². The quantitative estimate of drug-likeness (QED) is 0.606. The first kappa shape index (κ1) is 9.72. The van der Waals surface area contributed by atoms with E-state index >= 15 is 0 Å². The predicted molar refractivity (Wildman–Crippen MR) is 48.0 cm³/mol. The Hall–Kier alpha value is -0.370. The molecular formula is C10H18O2. The molecule has 1 aliphatic heterocycles. The van der Waals surface area contributed by atoms with Crippen LogP contribution in [-0.2, 0) is 9.53 Å². The Kier molecular flexibility index (Phi) is 3.27. The summed E-state index contributed by atoms with van der Waals surface area (Å²) in [5, 5.41) is 0. The van der Waals surface area contributed by atoms with E-state index in [4.69, 9.17) is 4.74 Å². The maximum absolute atomic E-state index is 11.0. The molecule has 1 fully saturated rings. The zero-order valence-corrected chi connectivity index (χ0v) is 8.01. The number of hydrogen-bond acceptors (Lipinski definition) is 2. The number of carbonyl (C=O) groups is 1. The summed E-state index contributed by atoms with van der Waals surface area (Å²) in [7, 11) is 0. The van der Waals surface area contributed by atoms with Gasteiger partial charge in [-0.05, 0) is 25.2 Å². The molecule has 70 valence electrons. The number of aldehydes is 1. The van der Waals surface area contributed by atoms with Gasteiger partial charge in [0.25, 0.3) is 0 Å². The van der Waals surface area contributed by atoms with Gasteiger partial charge in [-0.1, -0.05) is 13.8 Å². The number of ether oxygens (including phenoxy) is 1. The van der Waals surface area contributed by atoms with Crippen LogP contribution >= 0.6 is 0 Å². The molecule has 0 unspecified atom stereocenters. The van der Waals surface area contributed by atoms with Gasteiger partial charge < -0.3 is 9.53 Å². The molecule has 0 N–H and O–H groups in total. The minimum absolute atomic E-state index is 0.0631. The lowest BCUT2D eigenvalue weighted by Crippen LogP contribution is -2.32. The molecule has 1 rings (SSSR count). The fourth-order valence-electron chi connectivity index (χ4n) is 1.96. The second-order valence-corrected chi connectivity index (χ2v) is 4.19. The smallest absolute Gasteiger partial charge is 0.126 e. The standard InChI is InChI=1S/C10H18O2/c1-9(2)7-10(8-11)3-5-12-6-4-10/h8-9H,3-7H2,1-2H3. The van der Waals surface area contributed by atoms with Crippen molar-refractivity contribution in [1.82, 2.24) is 0 Å². The van der Waals surface area contributed by atoms with Crippen molar-refractivity contribution in [3.8, 4) is 0 Å². The third-order valence-corrected chi connectivity index (χ3v) is 2.55. The fourth-order valence-corrected chi connectivity index (χ4v) is 1.96. The minimum atomic E-state index is -0.0631. The van der Waals surface area contributed by atoms with Crippen LogP contribution in [0.4, 0.5) is 0 Å². The van der Waals surface area contributed by atoms with Crippen LogP contribution in [0.5, 0.6) is 0 Å². The molecule has 12 heavy (non-hydrogen) atoms. The summed E-state index contributed by atoms with van der Waals surface area (Å²) in [6.07, 6.45) is 3.98. The molecule has 0 aromatic carbocycles. The monoisotopic (exact) mass is 170 g/mol. The van der Waals surface area contributed by atoms with Gasteiger partial charge in [-0.2, -0.15) is 0 Å². The van der Waals surface area contributed by atoms with Gasteiger partial charge in [-0.15, -0.1) is 0 Å². The zero-order chi connectivity index (χ0) is 9.03. The van der Waals surface area contributed by atoms with E-state index in [1.54, 1.807) is 0 Å². The van der Waals surface area contributed by atoms with E-state index in [2.05, 4.69) is 13.8 Å². The van der Waals surface area contributed by atoms with Gasteiger partial charge in [0, 0.05) is 18.6 Å². The van der Waals surface area contributed by atoms with Crippen LogP contribution in [0.3, 0.4) is 0 Å². The van der Waals surface area contributed by atoms with Gasteiger partial charge in [0.05, 0.1) is 0 Å². The lowest BCUT2D eigenvalue weighted by molar-refractivity contribution is -0.122. The zero-order valence-electron chi connectivity index (χ0n) is 8.01. The van der Waals surface area contributed by atoms with Crippen molar-refractivity contribution in [2.24, 2.45) is 11.3 Å². The van der Waals surface area contributed by atoms with Gasteiger partial charge in [-0.3, -0.25) is 0 Å². The van der Waals surface area contributed by atoms with Gasteiger partial charge in [-0.25, -0.2) is 0 Å². The molecule has 0 aromatic heterocycles. The molecule has 0 bridgehead atoms. The third kappa shape index (κ3) is 2.31. The molecule has 1 aliphatic rings. The van der Waals surface area contributed by atoms with Gasteiger partial charge in [0.1, 0.15) is 6.29 Å². The summed E-state index contributed by atoms with van der Waals surface area (Å²) >= 11 is 0. The van der Waals surface area contributed by atoms with Crippen LogP contribution in [0.15, 0.2) is 0 Å². The summed E-state index contributed by atoms with van der Waals surface area (Å²) in [6.45, 7) is 5.85. The molecule has 2 heteroatoms. The highest BCUT2D eigenvalue weighted by atomic mass is 16.5. The average Bonchev–Trinajstić information content (AvgIpc) is 2.05. The highest BCUT2D eigenvalue weighted by Crippen LogP contribution is 2.34. The van der Waals surface area contributed by atoms with E-state index in [-0.39, 0.29) is 5.41 Å². The van der Waals surface area contributed by atoms with Gasteiger partial charge in [0.15, 0.2) is 0 Å². The van der Waals surface area contributed by atoms with Crippen LogP contribution in [0.2, 0.25) is 0 Å². The van der Waals surface area contributed by atoms with Crippen LogP contribution < -0.4 is 0 Å². The van der Waals surface area contributed by atoms with E-state index in [9.17, 15) is 4.79 Å². The van der Waals surface area contributed by atoms with Crippen LogP contribution in [0.1, 0.15) is 33.1 Å². The molecule has 1 heterocycles. The second-order valence-electron chi connectivity index (χ2n) is 4.19. The molecule has 0 aliphatic carbocycles. The van der Waals surface area contributed by atoms with E-state index in [0.29, 0.717) is 5.92 Å². The highest BCUT2D eigenvalue weighted by Gasteiger charge is 2.32. The summed E-state index contributed by atoms with van der Waals surface area (Å²) in [4.78, 5) is 11.0. The van der Waals surface area contributed by atoms with Crippen molar-refractivity contribution in [1.29, 1.82) is 0 Å². The molecular weight excluding hydrogens is 152 g/mol. The second kappa shape index (κ2) is 4.04. The Balaban J connectivity index is 2.53. The summed E-state index contributed by atoms with van der Waals surface area (Å²) in [5.41, 5.74) is -0.0631. The molecule has 0 radical (unpaired) electrons. The Bertz CT molecular complexity index is 146. The molecule has 2 nitrogen and oxygen atoms in total. The molecule has 0 saturated carbocycles. The largest absolute Gasteiger partial charge is 0.381 e. The topological polar surface area (TPSA) is 26.3 Å². The Morgan fingerprint density at radius 1 is 1.42 bits per heavy atom. The van der Waals surface area contributed by atoms with E-state index < -0.39 is 0 Å². The van der Waals surface area contributed by atoms with Crippen LogP contribution in [0.25, 0.3) is 0 Å². The first-order chi connectivity index (χ1) is 5.68. The predicted octanol–water partition coefficient (Wildman–Crippen LogP) is 2.03. The number of hydrogen-bond donors (Lipinski definition) is 0. The van der Waals surface area contributed by atoms with E-state index in [1.807, 2.05) is 0 Å². The van der Waals surface area contributed by atoms with E-state index in [0.717, 1.165) is 38.8 Å². The molecule has 0 amide bonds. The van der Waals surface area contributed by atoms with Crippen molar-refractivity contribution in [3.05, 3.63) is 0 Å². The third-order valence-electron chi connectivity index (χ3n) is 2.55. The maximum atomic E-state index is 11.0. The molecule has 0 atom stereocenters. The van der Waals surface area contributed by atoms with E-state index in [1.165, 1.54) is 0 Å². The average molecular weight is 170 g/mol. The summed E-state index contributed by atoms with van der Waals surface area (Å²) in [6, 6.07) is 0. The van der Waals surface area contributed by atoms with Gasteiger partial charge >= 0.3 is 0 Å². The lowest BCUT2D eigenvalue weighted by Gasteiger charge is -2.33. The van der Waals surface area contributed by atoms with Crippen molar-refractivity contribution in [3.63, 3.8) is 0 Å². The lowest BCUT2D eigenvalue weighted by atomic mass is 9.75. The van der Waals surface area contributed by atoms with Crippen LogP contribution in [0, 0.1) is 11.3 Å². The van der Waals surface area contributed by atoms with Gasteiger partial charge in [0.2, 0.25) is 0 Å². The van der Waals surface area contributed by atoms with Crippen LogP contribution in [-0.4, -0.2) is 19.5 Å². The highest BCUT2D eigenvalue weighted by molar-refractivity contribution is 5.59.